The van der Waals surface area contributed by atoms with E-state index in [2.05, 4.69) is 10.3 Å². The Kier molecular flexibility index (Phi) is 4.47. The van der Waals surface area contributed by atoms with Crippen molar-refractivity contribution in [3.63, 3.8) is 0 Å². The van der Waals surface area contributed by atoms with Crippen LogP contribution in [-0.2, 0) is 6.42 Å². The smallest absolute Gasteiger partial charge is 0.251 e. The zero-order valence-corrected chi connectivity index (χ0v) is 11.4. The van der Waals surface area contributed by atoms with Gasteiger partial charge in [0.05, 0.1) is 0 Å². The van der Waals surface area contributed by atoms with Crippen molar-refractivity contribution in [2.75, 3.05) is 17.2 Å². The molecule has 0 saturated carbocycles. The molecule has 0 radical (unpaired) electrons. The van der Waals surface area contributed by atoms with Crippen LogP contribution in [0.5, 0.6) is 0 Å². The van der Waals surface area contributed by atoms with Crippen LogP contribution in [0, 0.1) is 0 Å². The third-order valence-electron chi connectivity index (χ3n) is 3.02. The van der Waals surface area contributed by atoms with Crippen LogP contribution in [0.2, 0.25) is 0 Å². The van der Waals surface area contributed by atoms with Crippen LogP contribution in [0.1, 0.15) is 35.8 Å². The lowest BCUT2D eigenvalue weighted by atomic mass is 10.1. The van der Waals surface area contributed by atoms with E-state index in [0.29, 0.717) is 11.4 Å². The molecule has 1 amide bonds. The van der Waals surface area contributed by atoms with E-state index in [9.17, 15) is 4.79 Å². The molecule has 1 aliphatic heterocycles. The summed E-state index contributed by atoms with van der Waals surface area (Å²) < 4.78 is 0. The van der Waals surface area contributed by atoms with E-state index in [-0.39, 0.29) is 11.9 Å². The number of hydrogen-bond acceptors (Lipinski definition) is 4. The molecule has 1 aliphatic rings. The quantitative estimate of drug-likeness (QED) is 0.875. The van der Waals surface area contributed by atoms with E-state index in [1.807, 2.05) is 24.8 Å². The number of aromatic nitrogens is 1. The second-order valence-corrected chi connectivity index (χ2v) is 5.66. The highest BCUT2D eigenvalue weighted by molar-refractivity contribution is 7.99. The lowest BCUT2D eigenvalue weighted by molar-refractivity contribution is 0.0938. The first kappa shape index (κ1) is 13.2. The summed E-state index contributed by atoms with van der Waals surface area (Å²) in [5, 5.41) is 3.07. The minimum absolute atomic E-state index is 0.0358. The summed E-state index contributed by atoms with van der Waals surface area (Å²) >= 11 is 1.90. The maximum atomic E-state index is 12.1. The molecule has 0 aromatic carbocycles. The largest absolute Gasteiger partial charge is 0.384 e. The van der Waals surface area contributed by atoms with Crippen LogP contribution in [0.3, 0.4) is 0 Å². The van der Waals surface area contributed by atoms with E-state index >= 15 is 0 Å². The Morgan fingerprint density at radius 2 is 2.44 bits per heavy atom. The third kappa shape index (κ3) is 3.38. The normalized spacial score (nSPS) is 19.5. The predicted octanol–water partition coefficient (Wildman–Crippen LogP) is 1.85. The van der Waals surface area contributed by atoms with Gasteiger partial charge in [0.25, 0.3) is 5.91 Å². The van der Waals surface area contributed by atoms with E-state index in [0.717, 1.165) is 24.3 Å². The fourth-order valence-electron chi connectivity index (χ4n) is 2.05. The van der Waals surface area contributed by atoms with Gasteiger partial charge in [-0.1, -0.05) is 6.92 Å². The first-order valence-corrected chi connectivity index (χ1v) is 7.49. The molecule has 0 spiro atoms. The number of amides is 1. The first-order valence-electron chi connectivity index (χ1n) is 6.34. The number of carbonyl (C=O) groups is 1. The summed E-state index contributed by atoms with van der Waals surface area (Å²) in [5.41, 5.74) is 7.19. The fourth-order valence-corrected chi connectivity index (χ4v) is 3.12. The Balaban J connectivity index is 2.05. The first-order chi connectivity index (χ1) is 8.69. The SMILES string of the molecule is CCc1cc(C(=O)NC2CCCSC2)cc(N)n1. The number of pyridine rings is 1. The van der Waals surface area contributed by atoms with Crippen molar-refractivity contribution in [2.45, 2.75) is 32.2 Å². The number of thioether (sulfide) groups is 1. The highest BCUT2D eigenvalue weighted by Crippen LogP contribution is 2.17. The van der Waals surface area contributed by atoms with E-state index in [1.165, 1.54) is 12.2 Å². The average Bonchev–Trinajstić information content (AvgIpc) is 2.39. The predicted molar refractivity (Wildman–Crippen MR) is 75.8 cm³/mol. The number of hydrogen-bond donors (Lipinski definition) is 2. The molecule has 0 bridgehead atoms. The Morgan fingerprint density at radius 1 is 1.61 bits per heavy atom. The van der Waals surface area contributed by atoms with Gasteiger partial charge in [-0.2, -0.15) is 11.8 Å². The number of nitrogens with zero attached hydrogens (tertiary/aromatic N) is 1. The molecule has 1 aromatic heterocycles. The molecule has 2 heterocycles. The average molecular weight is 265 g/mol. The third-order valence-corrected chi connectivity index (χ3v) is 4.23. The number of nitrogens with two attached hydrogens (primary N) is 1. The monoisotopic (exact) mass is 265 g/mol. The molecule has 2 rings (SSSR count). The van der Waals surface area contributed by atoms with Gasteiger partial charge in [-0.05, 0) is 37.1 Å². The molecule has 1 unspecified atom stereocenters. The van der Waals surface area contributed by atoms with Crippen LogP contribution < -0.4 is 11.1 Å². The Morgan fingerprint density at radius 3 is 3.11 bits per heavy atom. The summed E-state index contributed by atoms with van der Waals surface area (Å²) in [6.07, 6.45) is 3.03. The van der Waals surface area contributed by atoms with Crippen molar-refractivity contribution in [1.82, 2.24) is 10.3 Å². The highest BCUT2D eigenvalue weighted by Gasteiger charge is 2.17. The molecule has 4 nitrogen and oxygen atoms in total. The number of anilines is 1. The molecular weight excluding hydrogens is 246 g/mol. The molecule has 5 heteroatoms. The van der Waals surface area contributed by atoms with Crippen molar-refractivity contribution in [3.8, 4) is 0 Å². The lowest BCUT2D eigenvalue weighted by Crippen LogP contribution is -2.38. The van der Waals surface area contributed by atoms with Gasteiger partial charge in [0.15, 0.2) is 0 Å². The number of nitrogens with one attached hydrogen (secondary N) is 1. The Hall–Kier alpha value is -1.23. The van der Waals surface area contributed by atoms with Gasteiger partial charge in [-0.25, -0.2) is 4.98 Å². The maximum Gasteiger partial charge on any atom is 0.251 e. The molecular formula is C13H19N3OS. The van der Waals surface area contributed by atoms with Crippen molar-refractivity contribution in [1.29, 1.82) is 0 Å². The second kappa shape index (κ2) is 6.09. The zero-order chi connectivity index (χ0) is 13.0. The summed E-state index contributed by atoms with van der Waals surface area (Å²) in [7, 11) is 0. The molecule has 1 aromatic rings. The standard InChI is InChI=1S/C13H19N3OS/c1-2-10-6-9(7-12(14)15-10)13(17)16-11-4-3-5-18-8-11/h6-7,11H,2-5,8H2,1H3,(H2,14,15)(H,16,17). The highest BCUT2D eigenvalue weighted by atomic mass is 32.2. The van der Waals surface area contributed by atoms with Crippen molar-refractivity contribution in [2.24, 2.45) is 0 Å². The minimum atomic E-state index is -0.0358. The van der Waals surface area contributed by atoms with Gasteiger partial charge in [-0.3, -0.25) is 4.79 Å². The van der Waals surface area contributed by atoms with E-state index < -0.39 is 0 Å². The number of carbonyl (C=O) groups excluding carboxylic acids is 1. The number of aryl methyl sites for hydroxylation is 1. The lowest BCUT2D eigenvalue weighted by Gasteiger charge is -2.22. The maximum absolute atomic E-state index is 12.1. The van der Waals surface area contributed by atoms with Gasteiger partial charge in [0, 0.05) is 23.1 Å². The number of nitrogen functional groups attached to an aromatic ring is 1. The van der Waals surface area contributed by atoms with Crippen LogP contribution >= 0.6 is 11.8 Å². The van der Waals surface area contributed by atoms with Gasteiger partial charge in [0.2, 0.25) is 0 Å². The van der Waals surface area contributed by atoms with Crippen molar-refractivity contribution < 1.29 is 4.79 Å². The minimum Gasteiger partial charge on any atom is -0.384 e. The van der Waals surface area contributed by atoms with Gasteiger partial charge in [-0.15, -0.1) is 0 Å². The summed E-state index contributed by atoms with van der Waals surface area (Å²) in [6, 6.07) is 3.75. The van der Waals surface area contributed by atoms with Crippen LogP contribution in [0.15, 0.2) is 12.1 Å². The molecule has 1 saturated heterocycles. The molecule has 3 N–H and O–H groups in total. The molecule has 18 heavy (non-hydrogen) atoms. The summed E-state index contributed by atoms with van der Waals surface area (Å²) in [5.74, 6) is 2.59. The topological polar surface area (TPSA) is 68.0 Å². The second-order valence-electron chi connectivity index (χ2n) is 4.51. The van der Waals surface area contributed by atoms with Crippen molar-refractivity contribution >= 4 is 23.5 Å². The number of rotatable bonds is 3. The van der Waals surface area contributed by atoms with E-state index in [4.69, 9.17) is 5.73 Å². The Bertz CT molecular complexity index is 430. The molecule has 0 aliphatic carbocycles. The van der Waals surface area contributed by atoms with E-state index in [1.54, 1.807) is 6.07 Å². The van der Waals surface area contributed by atoms with Gasteiger partial charge >= 0.3 is 0 Å². The van der Waals surface area contributed by atoms with Crippen LogP contribution in [-0.4, -0.2) is 28.4 Å². The summed E-state index contributed by atoms with van der Waals surface area (Å²) in [4.78, 5) is 16.3. The van der Waals surface area contributed by atoms with Crippen LogP contribution in [0.25, 0.3) is 0 Å². The molecule has 1 fully saturated rings. The van der Waals surface area contributed by atoms with Crippen molar-refractivity contribution in [3.05, 3.63) is 23.4 Å². The van der Waals surface area contributed by atoms with Gasteiger partial charge in [0.1, 0.15) is 5.82 Å². The molecule has 1 atom stereocenters. The van der Waals surface area contributed by atoms with Crippen LogP contribution in [0.4, 0.5) is 5.82 Å². The molecule has 98 valence electrons. The van der Waals surface area contributed by atoms with Gasteiger partial charge < -0.3 is 11.1 Å². The zero-order valence-electron chi connectivity index (χ0n) is 10.6. The summed E-state index contributed by atoms with van der Waals surface area (Å²) in [6.45, 7) is 2.00. The fraction of sp³-hybridized carbons (Fsp3) is 0.538. The Labute approximate surface area is 112 Å².